The van der Waals surface area contributed by atoms with Crippen LogP contribution in [0.4, 0.5) is 5.82 Å². The fraction of sp³-hybridized carbons (Fsp3) is 0.143. The molecule has 0 bridgehead atoms. The highest BCUT2D eigenvalue weighted by molar-refractivity contribution is 6.31. The molecule has 0 fully saturated rings. The van der Waals surface area contributed by atoms with Gasteiger partial charge in [-0.3, -0.25) is 4.40 Å². The first-order valence-corrected chi connectivity index (χ1v) is 6.53. The fourth-order valence-electron chi connectivity index (χ4n) is 1.88. The van der Waals surface area contributed by atoms with Crippen molar-refractivity contribution in [1.29, 1.82) is 0 Å². The standard InChI is InChI=1S/C14H13ClN4O/c1-16-12-8-19-7-6-17-13(19)14(18-12)20-9-10-4-2-3-5-11(10)15/h2-8,16H,9H2,1H3. The molecule has 102 valence electrons. The first kappa shape index (κ1) is 12.7. The van der Waals surface area contributed by atoms with E-state index in [1.54, 1.807) is 6.20 Å². The Morgan fingerprint density at radius 3 is 3.00 bits per heavy atom. The van der Waals surface area contributed by atoms with E-state index >= 15 is 0 Å². The summed E-state index contributed by atoms with van der Waals surface area (Å²) in [5, 5.41) is 3.67. The van der Waals surface area contributed by atoms with Gasteiger partial charge in [0.2, 0.25) is 5.65 Å². The molecule has 20 heavy (non-hydrogen) atoms. The van der Waals surface area contributed by atoms with E-state index in [2.05, 4.69) is 15.3 Å². The molecule has 0 atom stereocenters. The summed E-state index contributed by atoms with van der Waals surface area (Å²) in [6, 6.07) is 7.57. The lowest BCUT2D eigenvalue weighted by Crippen LogP contribution is -2.03. The van der Waals surface area contributed by atoms with Gasteiger partial charge in [0.25, 0.3) is 5.88 Å². The summed E-state index contributed by atoms with van der Waals surface area (Å²) in [7, 11) is 1.81. The quantitative estimate of drug-likeness (QED) is 0.802. The van der Waals surface area contributed by atoms with E-state index in [0.717, 1.165) is 5.56 Å². The molecule has 0 aliphatic heterocycles. The van der Waals surface area contributed by atoms with E-state index in [1.807, 2.05) is 48.1 Å². The van der Waals surface area contributed by atoms with Crippen molar-refractivity contribution < 1.29 is 4.74 Å². The van der Waals surface area contributed by atoms with E-state index in [1.165, 1.54) is 0 Å². The Morgan fingerprint density at radius 1 is 1.35 bits per heavy atom. The van der Waals surface area contributed by atoms with Gasteiger partial charge in [-0.25, -0.2) is 4.98 Å². The van der Waals surface area contributed by atoms with Crippen molar-refractivity contribution in [2.24, 2.45) is 0 Å². The van der Waals surface area contributed by atoms with Crippen LogP contribution in [0, 0.1) is 0 Å². The van der Waals surface area contributed by atoms with Crippen LogP contribution in [-0.2, 0) is 6.61 Å². The lowest BCUT2D eigenvalue weighted by Gasteiger charge is -2.09. The minimum Gasteiger partial charge on any atom is -0.470 e. The summed E-state index contributed by atoms with van der Waals surface area (Å²) in [5.74, 6) is 1.19. The third-order valence-electron chi connectivity index (χ3n) is 2.92. The number of nitrogens with one attached hydrogen (secondary N) is 1. The summed E-state index contributed by atoms with van der Waals surface area (Å²) in [5.41, 5.74) is 1.59. The summed E-state index contributed by atoms with van der Waals surface area (Å²) in [6.45, 7) is 0.350. The van der Waals surface area contributed by atoms with Crippen LogP contribution in [0.5, 0.6) is 5.88 Å². The molecule has 0 saturated carbocycles. The Bertz CT molecular complexity index is 741. The number of fused-ring (bicyclic) bond motifs is 1. The number of nitrogens with zero attached hydrogens (tertiary/aromatic N) is 3. The predicted octanol–water partition coefficient (Wildman–Crippen LogP) is 3.00. The van der Waals surface area contributed by atoms with Crippen LogP contribution in [0.25, 0.3) is 5.65 Å². The van der Waals surface area contributed by atoms with Gasteiger partial charge < -0.3 is 10.1 Å². The monoisotopic (exact) mass is 288 g/mol. The molecular formula is C14H13ClN4O. The molecule has 2 heterocycles. The van der Waals surface area contributed by atoms with Gasteiger partial charge in [0.05, 0.1) is 6.20 Å². The van der Waals surface area contributed by atoms with Gasteiger partial charge >= 0.3 is 0 Å². The van der Waals surface area contributed by atoms with E-state index in [0.29, 0.717) is 29.0 Å². The molecule has 0 aliphatic rings. The number of ether oxygens (including phenoxy) is 1. The zero-order valence-electron chi connectivity index (χ0n) is 10.9. The van der Waals surface area contributed by atoms with Crippen molar-refractivity contribution >= 4 is 23.1 Å². The van der Waals surface area contributed by atoms with Crippen LogP contribution >= 0.6 is 11.6 Å². The predicted molar refractivity (Wildman–Crippen MR) is 78.3 cm³/mol. The van der Waals surface area contributed by atoms with Crippen LogP contribution < -0.4 is 10.1 Å². The highest BCUT2D eigenvalue weighted by Gasteiger charge is 2.09. The van der Waals surface area contributed by atoms with Gasteiger partial charge in [-0.05, 0) is 6.07 Å². The fourth-order valence-corrected chi connectivity index (χ4v) is 2.07. The molecule has 0 aliphatic carbocycles. The van der Waals surface area contributed by atoms with Gasteiger partial charge in [0.1, 0.15) is 12.4 Å². The highest BCUT2D eigenvalue weighted by atomic mass is 35.5. The molecular weight excluding hydrogens is 276 g/mol. The summed E-state index contributed by atoms with van der Waals surface area (Å²) >= 11 is 6.11. The minimum absolute atomic E-state index is 0.350. The molecule has 3 rings (SSSR count). The molecule has 5 nitrogen and oxygen atoms in total. The molecule has 0 unspecified atom stereocenters. The van der Waals surface area contributed by atoms with Crippen LogP contribution in [0.1, 0.15) is 5.56 Å². The second-order valence-corrected chi connectivity index (χ2v) is 4.63. The number of rotatable bonds is 4. The molecule has 2 aromatic heterocycles. The maximum Gasteiger partial charge on any atom is 0.260 e. The van der Waals surface area contributed by atoms with Crippen LogP contribution in [0.2, 0.25) is 5.02 Å². The SMILES string of the molecule is CNc1cn2ccnc2c(OCc2ccccc2Cl)n1. The number of benzene rings is 1. The second-order valence-electron chi connectivity index (χ2n) is 4.22. The Morgan fingerprint density at radius 2 is 2.20 bits per heavy atom. The summed E-state index contributed by atoms with van der Waals surface area (Å²) in [4.78, 5) is 8.62. The number of halogens is 1. The summed E-state index contributed by atoms with van der Waals surface area (Å²) in [6.07, 6.45) is 5.41. The molecule has 3 aromatic rings. The van der Waals surface area contributed by atoms with Crippen LogP contribution in [-0.4, -0.2) is 21.4 Å². The Labute approximate surface area is 121 Å². The van der Waals surface area contributed by atoms with Crippen molar-refractivity contribution in [1.82, 2.24) is 14.4 Å². The van der Waals surface area contributed by atoms with Crippen molar-refractivity contribution in [2.75, 3.05) is 12.4 Å². The van der Waals surface area contributed by atoms with Gasteiger partial charge in [-0.2, -0.15) is 4.98 Å². The lowest BCUT2D eigenvalue weighted by molar-refractivity contribution is 0.296. The maximum absolute atomic E-state index is 6.11. The van der Waals surface area contributed by atoms with Crippen LogP contribution in [0.15, 0.2) is 42.9 Å². The smallest absolute Gasteiger partial charge is 0.260 e. The lowest BCUT2D eigenvalue weighted by atomic mass is 10.2. The Kier molecular flexibility index (Phi) is 3.43. The van der Waals surface area contributed by atoms with Crippen molar-refractivity contribution in [3.63, 3.8) is 0 Å². The first-order chi connectivity index (χ1) is 9.78. The van der Waals surface area contributed by atoms with Crippen molar-refractivity contribution in [3.05, 3.63) is 53.4 Å². The molecule has 1 aromatic carbocycles. The zero-order valence-corrected chi connectivity index (χ0v) is 11.6. The van der Waals surface area contributed by atoms with E-state index in [9.17, 15) is 0 Å². The number of hydrogen-bond acceptors (Lipinski definition) is 4. The Hall–Kier alpha value is -2.27. The largest absolute Gasteiger partial charge is 0.470 e. The first-order valence-electron chi connectivity index (χ1n) is 6.15. The molecule has 1 N–H and O–H groups in total. The second kappa shape index (κ2) is 5.38. The number of aromatic nitrogens is 3. The van der Waals surface area contributed by atoms with Crippen molar-refractivity contribution in [3.8, 4) is 5.88 Å². The summed E-state index contributed by atoms with van der Waals surface area (Å²) < 4.78 is 7.63. The third-order valence-corrected chi connectivity index (χ3v) is 3.29. The molecule has 0 saturated heterocycles. The third kappa shape index (κ3) is 2.40. The zero-order chi connectivity index (χ0) is 13.9. The van der Waals surface area contributed by atoms with E-state index in [-0.39, 0.29) is 0 Å². The van der Waals surface area contributed by atoms with E-state index < -0.39 is 0 Å². The topological polar surface area (TPSA) is 51.5 Å². The molecule has 0 amide bonds. The highest BCUT2D eigenvalue weighted by Crippen LogP contribution is 2.21. The number of hydrogen-bond donors (Lipinski definition) is 1. The van der Waals surface area contributed by atoms with Gasteiger partial charge in [0.15, 0.2) is 0 Å². The van der Waals surface area contributed by atoms with E-state index in [4.69, 9.17) is 16.3 Å². The van der Waals surface area contributed by atoms with Gasteiger partial charge in [-0.1, -0.05) is 29.8 Å². The number of imidazole rings is 1. The Balaban J connectivity index is 1.90. The van der Waals surface area contributed by atoms with Gasteiger partial charge in [-0.15, -0.1) is 0 Å². The normalized spacial score (nSPS) is 10.7. The van der Waals surface area contributed by atoms with Crippen LogP contribution in [0.3, 0.4) is 0 Å². The molecule has 6 heteroatoms. The minimum atomic E-state index is 0.350. The molecule has 0 spiro atoms. The average molecular weight is 289 g/mol. The molecule has 0 radical (unpaired) electrons. The van der Waals surface area contributed by atoms with Gasteiger partial charge in [0, 0.05) is 30.0 Å². The average Bonchev–Trinajstić information content (AvgIpc) is 2.94. The number of anilines is 1. The maximum atomic E-state index is 6.11. The van der Waals surface area contributed by atoms with Crippen molar-refractivity contribution in [2.45, 2.75) is 6.61 Å².